The van der Waals surface area contributed by atoms with E-state index in [0.29, 0.717) is 6.04 Å². The van der Waals surface area contributed by atoms with Gasteiger partial charge in [-0.15, -0.1) is 0 Å². The Morgan fingerprint density at radius 2 is 1.60 bits per heavy atom. The van der Waals surface area contributed by atoms with Gasteiger partial charge in [-0.05, 0) is 42.9 Å². The average molecular weight is 209 g/mol. The lowest BCUT2D eigenvalue weighted by atomic mass is 9.92. The second kappa shape index (κ2) is 4.86. The van der Waals surface area contributed by atoms with Crippen LogP contribution in [0.5, 0.6) is 0 Å². The molecule has 15 heavy (non-hydrogen) atoms. The van der Waals surface area contributed by atoms with E-state index in [0.717, 1.165) is 23.7 Å². The molecule has 1 nitrogen and oxygen atoms in total. The normalized spacial score (nSPS) is 36.4. The molecule has 3 atom stereocenters. The maximum Gasteiger partial charge on any atom is 0.00752 e. The van der Waals surface area contributed by atoms with Crippen LogP contribution >= 0.6 is 0 Å². The Kier molecular flexibility index (Phi) is 3.71. The molecule has 0 aromatic heterocycles. The second-order valence-electron chi connectivity index (χ2n) is 5.77. The molecule has 3 unspecified atom stereocenters. The van der Waals surface area contributed by atoms with Crippen LogP contribution in [-0.2, 0) is 0 Å². The molecule has 0 aromatic carbocycles. The number of hydrogen-bond donors (Lipinski definition) is 1. The standard InChI is InChI=1S/C14H27N/c1-3-10(4-2)9-13(15)14-11-7-5-6-8-12(11)14/h10-14H,3-9,15H2,1-2H3. The molecular weight excluding hydrogens is 182 g/mol. The average Bonchev–Trinajstić information content (AvgIpc) is 2.99. The number of rotatable bonds is 5. The molecule has 2 rings (SSSR count). The van der Waals surface area contributed by atoms with Gasteiger partial charge < -0.3 is 5.73 Å². The molecule has 0 saturated heterocycles. The fourth-order valence-electron chi connectivity index (χ4n) is 3.85. The first kappa shape index (κ1) is 11.4. The Morgan fingerprint density at radius 1 is 1.07 bits per heavy atom. The lowest BCUT2D eigenvalue weighted by Gasteiger charge is -2.18. The van der Waals surface area contributed by atoms with Crippen LogP contribution in [0, 0.1) is 23.7 Å². The van der Waals surface area contributed by atoms with Gasteiger partial charge in [0.25, 0.3) is 0 Å². The fraction of sp³-hybridized carbons (Fsp3) is 1.00. The zero-order valence-electron chi connectivity index (χ0n) is 10.4. The number of hydrogen-bond acceptors (Lipinski definition) is 1. The summed E-state index contributed by atoms with van der Waals surface area (Å²) in [5, 5.41) is 0. The lowest BCUT2D eigenvalue weighted by molar-refractivity contribution is 0.374. The summed E-state index contributed by atoms with van der Waals surface area (Å²) in [6.45, 7) is 4.61. The zero-order chi connectivity index (χ0) is 10.8. The number of fused-ring (bicyclic) bond motifs is 1. The smallest absolute Gasteiger partial charge is 0.00752 e. The van der Waals surface area contributed by atoms with Crippen LogP contribution in [0.25, 0.3) is 0 Å². The molecule has 0 aliphatic heterocycles. The van der Waals surface area contributed by atoms with Crippen LogP contribution in [0.4, 0.5) is 0 Å². The van der Waals surface area contributed by atoms with E-state index in [-0.39, 0.29) is 0 Å². The molecular formula is C14H27N. The van der Waals surface area contributed by atoms with Gasteiger partial charge in [0.15, 0.2) is 0 Å². The van der Waals surface area contributed by atoms with E-state index in [1.165, 1.54) is 44.9 Å². The highest BCUT2D eigenvalue weighted by atomic mass is 14.7. The molecule has 0 heterocycles. The lowest BCUT2D eigenvalue weighted by Crippen LogP contribution is -2.27. The van der Waals surface area contributed by atoms with Crippen molar-refractivity contribution in [1.82, 2.24) is 0 Å². The molecule has 1 heteroatoms. The molecule has 0 aromatic rings. The summed E-state index contributed by atoms with van der Waals surface area (Å²) >= 11 is 0. The molecule has 2 aliphatic carbocycles. The van der Waals surface area contributed by atoms with Crippen LogP contribution < -0.4 is 5.73 Å². The highest BCUT2D eigenvalue weighted by Gasteiger charge is 2.52. The zero-order valence-corrected chi connectivity index (χ0v) is 10.4. The van der Waals surface area contributed by atoms with Gasteiger partial charge in [0.1, 0.15) is 0 Å². The predicted octanol–water partition coefficient (Wildman–Crippen LogP) is 3.58. The van der Waals surface area contributed by atoms with Crippen molar-refractivity contribution in [2.75, 3.05) is 0 Å². The van der Waals surface area contributed by atoms with Crippen molar-refractivity contribution in [3.8, 4) is 0 Å². The highest BCUT2D eigenvalue weighted by Crippen LogP contribution is 2.57. The summed E-state index contributed by atoms with van der Waals surface area (Å²) in [6.07, 6.45) is 9.80. The molecule has 2 saturated carbocycles. The molecule has 2 fully saturated rings. The van der Waals surface area contributed by atoms with Crippen LogP contribution in [0.1, 0.15) is 58.8 Å². The van der Waals surface area contributed by atoms with E-state index in [1.54, 1.807) is 0 Å². The molecule has 2 aliphatic rings. The van der Waals surface area contributed by atoms with E-state index in [4.69, 9.17) is 5.73 Å². The summed E-state index contributed by atoms with van der Waals surface area (Å²) in [7, 11) is 0. The minimum atomic E-state index is 0.517. The Hall–Kier alpha value is -0.0400. The minimum Gasteiger partial charge on any atom is -0.327 e. The molecule has 2 N–H and O–H groups in total. The van der Waals surface area contributed by atoms with E-state index in [2.05, 4.69) is 13.8 Å². The second-order valence-corrected chi connectivity index (χ2v) is 5.77. The van der Waals surface area contributed by atoms with Crippen LogP contribution in [0.15, 0.2) is 0 Å². The van der Waals surface area contributed by atoms with E-state index < -0.39 is 0 Å². The van der Waals surface area contributed by atoms with Gasteiger partial charge in [-0.2, -0.15) is 0 Å². The van der Waals surface area contributed by atoms with Crippen molar-refractivity contribution >= 4 is 0 Å². The molecule has 88 valence electrons. The van der Waals surface area contributed by atoms with Gasteiger partial charge in [0.05, 0.1) is 0 Å². The third-order valence-electron chi connectivity index (χ3n) is 4.98. The van der Waals surface area contributed by atoms with Crippen molar-refractivity contribution in [1.29, 1.82) is 0 Å². The van der Waals surface area contributed by atoms with Crippen molar-refractivity contribution in [3.05, 3.63) is 0 Å². The van der Waals surface area contributed by atoms with Gasteiger partial charge in [-0.25, -0.2) is 0 Å². The first-order chi connectivity index (χ1) is 7.27. The molecule has 0 bridgehead atoms. The largest absolute Gasteiger partial charge is 0.327 e. The van der Waals surface area contributed by atoms with Crippen LogP contribution in [0.2, 0.25) is 0 Å². The van der Waals surface area contributed by atoms with E-state index in [9.17, 15) is 0 Å². The Balaban J connectivity index is 1.79. The predicted molar refractivity (Wildman–Crippen MR) is 65.6 cm³/mol. The first-order valence-corrected chi connectivity index (χ1v) is 7.03. The fourth-order valence-corrected chi connectivity index (χ4v) is 3.85. The summed E-state index contributed by atoms with van der Waals surface area (Å²) in [5.74, 6) is 3.85. The molecule has 0 spiro atoms. The van der Waals surface area contributed by atoms with Crippen molar-refractivity contribution < 1.29 is 0 Å². The van der Waals surface area contributed by atoms with Crippen molar-refractivity contribution in [2.45, 2.75) is 64.8 Å². The summed E-state index contributed by atoms with van der Waals surface area (Å²) in [4.78, 5) is 0. The topological polar surface area (TPSA) is 26.0 Å². The maximum atomic E-state index is 6.39. The summed E-state index contributed by atoms with van der Waals surface area (Å²) in [6, 6.07) is 0.517. The molecule has 0 radical (unpaired) electrons. The van der Waals surface area contributed by atoms with Gasteiger partial charge in [0.2, 0.25) is 0 Å². The highest BCUT2D eigenvalue weighted by molar-refractivity contribution is 5.03. The Bertz CT molecular complexity index is 186. The Labute approximate surface area is 94.8 Å². The maximum absolute atomic E-state index is 6.39. The minimum absolute atomic E-state index is 0.517. The molecule has 0 amide bonds. The SMILES string of the molecule is CCC(CC)CC(N)C1C2CCCCC21. The van der Waals surface area contributed by atoms with Gasteiger partial charge in [0, 0.05) is 6.04 Å². The van der Waals surface area contributed by atoms with Crippen molar-refractivity contribution in [2.24, 2.45) is 29.4 Å². The Morgan fingerprint density at radius 3 is 2.07 bits per heavy atom. The number of nitrogens with two attached hydrogens (primary N) is 1. The summed E-state index contributed by atoms with van der Waals surface area (Å²) in [5.41, 5.74) is 6.39. The van der Waals surface area contributed by atoms with E-state index >= 15 is 0 Å². The van der Waals surface area contributed by atoms with Crippen LogP contribution in [0.3, 0.4) is 0 Å². The quantitative estimate of drug-likeness (QED) is 0.736. The summed E-state index contributed by atoms with van der Waals surface area (Å²) < 4.78 is 0. The van der Waals surface area contributed by atoms with Gasteiger partial charge >= 0.3 is 0 Å². The first-order valence-electron chi connectivity index (χ1n) is 7.03. The van der Waals surface area contributed by atoms with Gasteiger partial charge in [-0.1, -0.05) is 39.5 Å². The van der Waals surface area contributed by atoms with Crippen LogP contribution in [-0.4, -0.2) is 6.04 Å². The van der Waals surface area contributed by atoms with Gasteiger partial charge in [-0.3, -0.25) is 0 Å². The van der Waals surface area contributed by atoms with Crippen molar-refractivity contribution in [3.63, 3.8) is 0 Å². The monoisotopic (exact) mass is 209 g/mol. The van der Waals surface area contributed by atoms with E-state index in [1.807, 2.05) is 0 Å². The third-order valence-corrected chi connectivity index (χ3v) is 4.98. The third kappa shape index (κ3) is 2.38.